The maximum atomic E-state index is 13.4. The molecule has 7 nitrogen and oxygen atoms in total. The molecule has 2 aliphatic carbocycles. The molecule has 2 atom stereocenters. The Hall–Kier alpha value is -3.35. The summed E-state index contributed by atoms with van der Waals surface area (Å²) < 4.78 is 5.67. The number of carboxylic acids is 1. The lowest BCUT2D eigenvalue weighted by atomic mass is 9.97. The second-order valence-corrected chi connectivity index (χ2v) is 9.70. The van der Waals surface area contributed by atoms with E-state index in [1.165, 1.54) is 0 Å². The lowest BCUT2D eigenvalue weighted by Crippen LogP contribution is -2.52. The standard InChI is InChI=1S/C28H34N2O5/c1-3-18(2)26(27(33)30(15-14-25(31)32)16-19-12-13-19)29-28(34)35-17-24-22-10-6-4-8-20(22)21-9-5-7-11-23(21)24/h4-11,18-19,24,26H,3,12-17H2,1-2H3,(H,29,34)(H,31,32)/t18-,26-/m0/s1. The second-order valence-electron chi connectivity index (χ2n) is 9.70. The molecular weight excluding hydrogens is 444 g/mol. The maximum Gasteiger partial charge on any atom is 0.407 e. The molecule has 0 spiro atoms. The molecule has 7 heteroatoms. The Morgan fingerprint density at radius 1 is 1.06 bits per heavy atom. The van der Waals surface area contributed by atoms with Gasteiger partial charge < -0.3 is 20.1 Å². The van der Waals surface area contributed by atoms with Gasteiger partial charge in [-0.15, -0.1) is 0 Å². The minimum atomic E-state index is -0.941. The number of benzene rings is 2. The average molecular weight is 479 g/mol. The van der Waals surface area contributed by atoms with Gasteiger partial charge in [-0.05, 0) is 46.9 Å². The van der Waals surface area contributed by atoms with E-state index in [-0.39, 0.29) is 37.3 Å². The van der Waals surface area contributed by atoms with Gasteiger partial charge in [-0.3, -0.25) is 9.59 Å². The SMILES string of the molecule is CC[C@H](C)[C@H](NC(=O)OCC1c2ccccc2-c2ccccc21)C(=O)N(CCC(=O)O)CC1CC1. The van der Waals surface area contributed by atoms with Gasteiger partial charge in [0, 0.05) is 19.0 Å². The van der Waals surface area contributed by atoms with Crippen molar-refractivity contribution in [1.29, 1.82) is 0 Å². The van der Waals surface area contributed by atoms with Gasteiger partial charge in [0.25, 0.3) is 0 Å². The van der Waals surface area contributed by atoms with E-state index in [2.05, 4.69) is 29.6 Å². The molecule has 2 aromatic carbocycles. The van der Waals surface area contributed by atoms with Crippen molar-refractivity contribution in [2.75, 3.05) is 19.7 Å². The van der Waals surface area contributed by atoms with Gasteiger partial charge in [0.2, 0.25) is 5.91 Å². The Morgan fingerprint density at radius 3 is 2.20 bits per heavy atom. The first-order valence-corrected chi connectivity index (χ1v) is 12.5. The van der Waals surface area contributed by atoms with E-state index >= 15 is 0 Å². The fraction of sp³-hybridized carbons (Fsp3) is 0.464. The quantitative estimate of drug-likeness (QED) is 0.490. The zero-order valence-electron chi connectivity index (χ0n) is 20.4. The summed E-state index contributed by atoms with van der Waals surface area (Å²) >= 11 is 0. The van der Waals surface area contributed by atoms with Crippen LogP contribution in [-0.4, -0.2) is 53.7 Å². The van der Waals surface area contributed by atoms with E-state index in [0.717, 1.165) is 35.1 Å². The molecular formula is C28H34N2O5. The van der Waals surface area contributed by atoms with Crippen LogP contribution in [0.2, 0.25) is 0 Å². The highest BCUT2D eigenvalue weighted by molar-refractivity contribution is 5.86. The molecule has 0 saturated heterocycles. The lowest BCUT2D eigenvalue weighted by Gasteiger charge is -2.30. The highest BCUT2D eigenvalue weighted by Gasteiger charge is 2.35. The summed E-state index contributed by atoms with van der Waals surface area (Å²) in [5, 5.41) is 11.9. The largest absolute Gasteiger partial charge is 0.481 e. The zero-order valence-corrected chi connectivity index (χ0v) is 20.4. The van der Waals surface area contributed by atoms with E-state index in [0.29, 0.717) is 18.9 Å². The summed E-state index contributed by atoms with van der Waals surface area (Å²) in [5.41, 5.74) is 4.55. The van der Waals surface area contributed by atoms with Crippen molar-refractivity contribution in [3.05, 3.63) is 59.7 Å². The molecule has 2 aromatic rings. The number of alkyl carbamates (subject to hydrolysis) is 1. The molecule has 1 fully saturated rings. The first kappa shape index (κ1) is 24.8. The van der Waals surface area contributed by atoms with Gasteiger partial charge in [-0.1, -0.05) is 68.8 Å². The Morgan fingerprint density at radius 2 is 1.66 bits per heavy atom. The number of hydrogen-bond donors (Lipinski definition) is 2. The number of carbonyl (C=O) groups is 3. The van der Waals surface area contributed by atoms with Crippen LogP contribution < -0.4 is 5.32 Å². The molecule has 0 unspecified atom stereocenters. The first-order valence-electron chi connectivity index (χ1n) is 12.5. The van der Waals surface area contributed by atoms with Crippen molar-refractivity contribution in [1.82, 2.24) is 10.2 Å². The van der Waals surface area contributed by atoms with E-state index in [1.807, 2.05) is 38.1 Å². The highest BCUT2D eigenvalue weighted by atomic mass is 16.5. The topological polar surface area (TPSA) is 95.9 Å². The Balaban J connectivity index is 1.43. The van der Waals surface area contributed by atoms with Gasteiger partial charge in [-0.2, -0.15) is 0 Å². The fourth-order valence-electron chi connectivity index (χ4n) is 4.78. The molecule has 2 N–H and O–H groups in total. The van der Waals surface area contributed by atoms with Gasteiger partial charge >= 0.3 is 12.1 Å². The minimum Gasteiger partial charge on any atom is -0.481 e. The summed E-state index contributed by atoms with van der Waals surface area (Å²) in [6.45, 7) is 4.73. The van der Waals surface area contributed by atoms with E-state index in [1.54, 1.807) is 4.90 Å². The Labute approximate surface area is 206 Å². The number of fused-ring (bicyclic) bond motifs is 3. The van der Waals surface area contributed by atoms with E-state index < -0.39 is 18.1 Å². The zero-order chi connectivity index (χ0) is 24.9. The average Bonchev–Trinajstić information content (AvgIpc) is 3.63. The summed E-state index contributed by atoms with van der Waals surface area (Å²) in [4.78, 5) is 39.0. The van der Waals surface area contributed by atoms with Crippen molar-refractivity contribution < 1.29 is 24.2 Å². The van der Waals surface area contributed by atoms with Crippen LogP contribution >= 0.6 is 0 Å². The van der Waals surface area contributed by atoms with E-state index in [9.17, 15) is 14.4 Å². The summed E-state index contributed by atoms with van der Waals surface area (Å²) in [6, 6.07) is 15.5. The molecule has 1 saturated carbocycles. The highest BCUT2D eigenvalue weighted by Crippen LogP contribution is 2.44. The third kappa shape index (κ3) is 5.84. The molecule has 0 bridgehead atoms. The van der Waals surface area contributed by atoms with Crippen molar-refractivity contribution in [3.63, 3.8) is 0 Å². The van der Waals surface area contributed by atoms with Crippen LogP contribution in [-0.2, 0) is 14.3 Å². The van der Waals surface area contributed by atoms with Crippen LogP contribution in [0.1, 0.15) is 56.6 Å². The van der Waals surface area contributed by atoms with Crippen molar-refractivity contribution in [2.45, 2.75) is 51.5 Å². The summed E-state index contributed by atoms with van der Waals surface area (Å²) in [5.74, 6) is -0.939. The third-order valence-corrected chi connectivity index (χ3v) is 7.18. The smallest absolute Gasteiger partial charge is 0.407 e. The van der Waals surface area contributed by atoms with Gasteiger partial charge in [0.05, 0.1) is 6.42 Å². The predicted molar refractivity (Wildman–Crippen MR) is 133 cm³/mol. The predicted octanol–water partition coefficient (Wildman–Crippen LogP) is 4.65. The Kier molecular flexibility index (Phi) is 7.73. The molecule has 35 heavy (non-hydrogen) atoms. The van der Waals surface area contributed by atoms with Crippen LogP contribution in [0.15, 0.2) is 48.5 Å². The lowest BCUT2D eigenvalue weighted by molar-refractivity contribution is -0.139. The van der Waals surface area contributed by atoms with Crippen molar-refractivity contribution in [3.8, 4) is 11.1 Å². The van der Waals surface area contributed by atoms with Gasteiger partial charge in [0.15, 0.2) is 0 Å². The van der Waals surface area contributed by atoms with Crippen LogP contribution in [0, 0.1) is 11.8 Å². The Bertz CT molecular complexity index is 1040. The number of aliphatic carboxylic acids is 1. The summed E-state index contributed by atoms with van der Waals surface area (Å²) in [7, 11) is 0. The number of nitrogens with zero attached hydrogens (tertiary/aromatic N) is 1. The van der Waals surface area contributed by atoms with Crippen molar-refractivity contribution in [2.24, 2.45) is 11.8 Å². The molecule has 0 heterocycles. The molecule has 4 rings (SSSR count). The van der Waals surface area contributed by atoms with Crippen LogP contribution in [0.25, 0.3) is 11.1 Å². The monoisotopic (exact) mass is 478 g/mol. The number of amides is 2. The van der Waals surface area contributed by atoms with Crippen molar-refractivity contribution >= 4 is 18.0 Å². The van der Waals surface area contributed by atoms with E-state index in [4.69, 9.17) is 9.84 Å². The van der Waals surface area contributed by atoms with Crippen LogP contribution in [0.3, 0.4) is 0 Å². The number of ether oxygens (including phenoxy) is 1. The molecule has 186 valence electrons. The number of hydrogen-bond acceptors (Lipinski definition) is 4. The number of carbonyl (C=O) groups excluding carboxylic acids is 2. The number of rotatable bonds is 11. The number of nitrogens with one attached hydrogen (secondary N) is 1. The van der Waals surface area contributed by atoms with Crippen LogP contribution in [0.5, 0.6) is 0 Å². The first-order chi connectivity index (χ1) is 16.9. The van der Waals surface area contributed by atoms with Gasteiger partial charge in [0.1, 0.15) is 12.6 Å². The fourth-order valence-corrected chi connectivity index (χ4v) is 4.78. The molecule has 0 radical (unpaired) electrons. The molecule has 0 aliphatic heterocycles. The number of carboxylic acid groups (broad SMARTS) is 1. The van der Waals surface area contributed by atoms with Crippen LogP contribution in [0.4, 0.5) is 4.79 Å². The molecule has 0 aromatic heterocycles. The molecule has 2 aliphatic rings. The molecule has 2 amide bonds. The second kappa shape index (κ2) is 10.9. The van der Waals surface area contributed by atoms with Gasteiger partial charge in [-0.25, -0.2) is 4.79 Å². The normalized spacial score (nSPS) is 16.1. The third-order valence-electron chi connectivity index (χ3n) is 7.18. The summed E-state index contributed by atoms with van der Waals surface area (Å²) in [6.07, 6.45) is 2.04. The minimum absolute atomic E-state index is 0.0622. The maximum absolute atomic E-state index is 13.4.